The van der Waals surface area contributed by atoms with Gasteiger partial charge in [0.25, 0.3) is 0 Å². The Hall–Kier alpha value is -0.950. The van der Waals surface area contributed by atoms with Crippen LogP contribution in [0.2, 0.25) is 0 Å². The van der Waals surface area contributed by atoms with Crippen LogP contribution >= 0.6 is 0 Å². The van der Waals surface area contributed by atoms with Crippen LogP contribution in [-0.4, -0.2) is 57.3 Å². The topological polar surface area (TPSA) is 110 Å². The summed E-state index contributed by atoms with van der Waals surface area (Å²) in [5.74, 6) is -0.592. The average Bonchev–Trinajstić information content (AvgIpc) is 3.09. The van der Waals surface area contributed by atoms with Crippen molar-refractivity contribution in [2.24, 2.45) is 0 Å². The van der Waals surface area contributed by atoms with Gasteiger partial charge in [-0.15, -0.1) is 0 Å². The van der Waals surface area contributed by atoms with Crippen molar-refractivity contribution in [2.45, 2.75) is 244 Å². The van der Waals surface area contributed by atoms with Crippen LogP contribution in [0.1, 0.15) is 219 Å². The first-order valence-electron chi connectivity index (χ1n) is 21.1. The van der Waals surface area contributed by atoms with E-state index in [0.717, 1.165) is 38.5 Å². The molecule has 6 nitrogen and oxygen atoms in total. The fraction of sp³-hybridized carbons (Fsp3) is 0.929. The number of unbranched alkanes of at least 4 members (excludes halogenated alkanes) is 27. The molecule has 0 aliphatic rings. The van der Waals surface area contributed by atoms with Gasteiger partial charge >= 0.3 is 0 Å². The van der Waals surface area contributed by atoms with Gasteiger partial charge in [0.1, 0.15) is 12.2 Å². The van der Waals surface area contributed by atoms with E-state index in [1.807, 2.05) is 0 Å². The van der Waals surface area contributed by atoms with Crippen molar-refractivity contribution < 1.29 is 25.2 Å². The highest BCUT2D eigenvalue weighted by molar-refractivity contribution is 5.80. The zero-order valence-corrected chi connectivity index (χ0v) is 32.0. The number of nitrogens with one attached hydrogen (secondary N) is 1. The lowest BCUT2D eigenvalue weighted by Gasteiger charge is -2.27. The molecular weight excluding hydrogens is 598 g/mol. The molecule has 0 heterocycles. The van der Waals surface area contributed by atoms with Crippen LogP contribution in [0.4, 0.5) is 0 Å². The van der Waals surface area contributed by atoms with E-state index in [4.69, 9.17) is 0 Å². The van der Waals surface area contributed by atoms with E-state index in [2.05, 4.69) is 31.3 Å². The molecule has 48 heavy (non-hydrogen) atoms. The first-order chi connectivity index (χ1) is 23.5. The highest BCUT2D eigenvalue weighted by atomic mass is 16.3. The first-order valence-corrected chi connectivity index (χ1v) is 21.1. The maximum Gasteiger partial charge on any atom is 0.249 e. The maximum absolute atomic E-state index is 12.5. The molecule has 0 aliphatic carbocycles. The molecular formula is C42H83NO5. The minimum absolute atomic E-state index is 0.368. The van der Waals surface area contributed by atoms with Gasteiger partial charge in [0.2, 0.25) is 5.91 Å². The highest BCUT2D eigenvalue weighted by Crippen LogP contribution is 2.16. The molecule has 1 amide bonds. The van der Waals surface area contributed by atoms with Gasteiger partial charge in [-0.3, -0.25) is 4.79 Å². The van der Waals surface area contributed by atoms with Crippen LogP contribution in [0.15, 0.2) is 12.2 Å². The van der Waals surface area contributed by atoms with Crippen LogP contribution in [-0.2, 0) is 4.79 Å². The van der Waals surface area contributed by atoms with E-state index in [1.165, 1.54) is 154 Å². The molecule has 0 bridgehead atoms. The van der Waals surface area contributed by atoms with Crippen molar-refractivity contribution in [2.75, 3.05) is 6.61 Å². The maximum atomic E-state index is 12.5. The molecule has 0 fully saturated rings. The van der Waals surface area contributed by atoms with Gasteiger partial charge in [0, 0.05) is 0 Å². The van der Waals surface area contributed by atoms with Gasteiger partial charge in [0.05, 0.1) is 18.8 Å². The molecule has 0 spiro atoms. The Morgan fingerprint density at radius 1 is 0.500 bits per heavy atom. The second-order valence-electron chi connectivity index (χ2n) is 14.7. The summed E-state index contributed by atoms with van der Waals surface area (Å²) in [6.45, 7) is 4.02. The molecule has 0 saturated heterocycles. The number of amides is 1. The standard InChI is InChI=1S/C42H83NO5/c1-3-5-7-9-11-13-15-16-17-18-19-20-21-22-23-24-26-28-30-32-34-36-40(46)42(48)43-38(37-44)41(47)39(45)35-33-31-29-27-25-14-12-10-8-6-4-2/h27,29,38-41,44-47H,3-26,28,30-37H2,1-2H3,(H,43,48). The molecule has 286 valence electrons. The van der Waals surface area contributed by atoms with Crippen molar-refractivity contribution >= 4 is 5.91 Å². The largest absolute Gasteiger partial charge is 0.394 e. The van der Waals surface area contributed by atoms with Crippen molar-refractivity contribution in [3.05, 3.63) is 12.2 Å². The summed E-state index contributed by atoms with van der Waals surface area (Å²) < 4.78 is 0. The van der Waals surface area contributed by atoms with Crippen molar-refractivity contribution in [3.63, 3.8) is 0 Å². The molecule has 0 aliphatic heterocycles. The third kappa shape index (κ3) is 31.1. The molecule has 0 saturated carbocycles. The first kappa shape index (κ1) is 47.0. The molecule has 5 N–H and O–H groups in total. The molecule has 4 atom stereocenters. The van der Waals surface area contributed by atoms with Crippen LogP contribution in [0.5, 0.6) is 0 Å². The second-order valence-corrected chi connectivity index (χ2v) is 14.7. The number of hydrogen-bond donors (Lipinski definition) is 5. The summed E-state index contributed by atoms with van der Waals surface area (Å²) in [4.78, 5) is 12.5. The van der Waals surface area contributed by atoms with Gasteiger partial charge in [-0.2, -0.15) is 0 Å². The molecule has 0 rings (SSSR count). The number of carbonyl (C=O) groups is 1. The minimum Gasteiger partial charge on any atom is -0.394 e. The monoisotopic (exact) mass is 682 g/mol. The van der Waals surface area contributed by atoms with E-state index in [0.29, 0.717) is 12.8 Å². The number of carbonyl (C=O) groups excluding carboxylic acids is 1. The van der Waals surface area contributed by atoms with Gasteiger partial charge in [-0.05, 0) is 38.5 Å². The number of allylic oxidation sites excluding steroid dienone is 2. The number of aliphatic hydroxyl groups excluding tert-OH is 4. The SMILES string of the molecule is CCCCCCCCC=CCCCC(O)C(O)C(CO)NC(=O)C(O)CCCCCCCCCCCCCCCCCCCCCCC. The van der Waals surface area contributed by atoms with Crippen LogP contribution in [0, 0.1) is 0 Å². The number of hydrogen-bond acceptors (Lipinski definition) is 5. The van der Waals surface area contributed by atoms with Crippen LogP contribution < -0.4 is 5.32 Å². The summed E-state index contributed by atoms with van der Waals surface area (Å²) in [6, 6.07) is -0.995. The van der Waals surface area contributed by atoms with E-state index < -0.39 is 36.9 Å². The number of aliphatic hydroxyl groups is 4. The third-order valence-corrected chi connectivity index (χ3v) is 9.98. The van der Waals surface area contributed by atoms with Crippen molar-refractivity contribution in [1.82, 2.24) is 5.32 Å². The molecule has 4 unspecified atom stereocenters. The summed E-state index contributed by atoms with van der Waals surface area (Å²) >= 11 is 0. The Morgan fingerprint density at radius 2 is 0.854 bits per heavy atom. The fourth-order valence-corrected chi connectivity index (χ4v) is 6.58. The van der Waals surface area contributed by atoms with Crippen molar-refractivity contribution in [1.29, 1.82) is 0 Å². The van der Waals surface area contributed by atoms with Gasteiger partial charge in [-0.1, -0.05) is 193 Å². The second kappa shape index (κ2) is 37.3. The molecule has 6 heteroatoms. The lowest BCUT2D eigenvalue weighted by molar-refractivity contribution is -0.132. The molecule has 0 radical (unpaired) electrons. The Kier molecular flexibility index (Phi) is 36.6. The fourth-order valence-electron chi connectivity index (χ4n) is 6.58. The summed E-state index contributed by atoms with van der Waals surface area (Å²) in [7, 11) is 0. The predicted octanol–water partition coefficient (Wildman–Crippen LogP) is 10.6. The average molecular weight is 682 g/mol. The Balaban J connectivity index is 3.70. The number of rotatable bonds is 38. The molecule has 0 aromatic rings. The lowest BCUT2D eigenvalue weighted by Crippen LogP contribution is -2.53. The van der Waals surface area contributed by atoms with E-state index in [-0.39, 0.29) is 0 Å². The Labute approximate surface area is 298 Å². The van der Waals surface area contributed by atoms with Gasteiger partial charge in [0.15, 0.2) is 0 Å². The zero-order chi connectivity index (χ0) is 35.3. The zero-order valence-electron chi connectivity index (χ0n) is 32.0. The van der Waals surface area contributed by atoms with Crippen LogP contribution in [0.25, 0.3) is 0 Å². The lowest BCUT2D eigenvalue weighted by atomic mass is 10.00. The minimum atomic E-state index is -1.28. The van der Waals surface area contributed by atoms with E-state index in [9.17, 15) is 25.2 Å². The Bertz CT molecular complexity index is 687. The normalized spacial score (nSPS) is 14.4. The van der Waals surface area contributed by atoms with E-state index in [1.54, 1.807) is 0 Å². The molecule has 0 aromatic heterocycles. The smallest absolute Gasteiger partial charge is 0.249 e. The highest BCUT2D eigenvalue weighted by Gasteiger charge is 2.28. The van der Waals surface area contributed by atoms with E-state index >= 15 is 0 Å². The van der Waals surface area contributed by atoms with Crippen molar-refractivity contribution in [3.8, 4) is 0 Å². The third-order valence-electron chi connectivity index (χ3n) is 9.98. The quantitative estimate of drug-likeness (QED) is 0.0329. The molecule has 0 aromatic carbocycles. The summed E-state index contributed by atoms with van der Waals surface area (Å²) in [5, 5.41) is 43.5. The predicted molar refractivity (Wildman–Crippen MR) is 205 cm³/mol. The van der Waals surface area contributed by atoms with Gasteiger partial charge in [-0.25, -0.2) is 0 Å². The Morgan fingerprint density at radius 3 is 1.25 bits per heavy atom. The summed E-state index contributed by atoms with van der Waals surface area (Å²) in [6.07, 6.45) is 39.6. The van der Waals surface area contributed by atoms with Crippen LogP contribution in [0.3, 0.4) is 0 Å². The van der Waals surface area contributed by atoms with Gasteiger partial charge < -0.3 is 25.7 Å². The summed E-state index contributed by atoms with van der Waals surface area (Å²) in [5.41, 5.74) is 0.